The molecule has 0 spiro atoms. The Hall–Kier alpha value is -2.45. The van der Waals surface area contributed by atoms with E-state index in [1.807, 2.05) is 35.7 Å². The van der Waals surface area contributed by atoms with Gasteiger partial charge in [0.05, 0.1) is 18.7 Å². The Morgan fingerprint density at radius 3 is 2.84 bits per heavy atom. The van der Waals surface area contributed by atoms with Crippen LogP contribution in [0.3, 0.4) is 0 Å². The molecule has 0 aliphatic carbocycles. The van der Waals surface area contributed by atoms with E-state index >= 15 is 0 Å². The van der Waals surface area contributed by atoms with Crippen molar-refractivity contribution < 1.29 is 4.74 Å². The van der Waals surface area contributed by atoms with Crippen LogP contribution in [-0.2, 0) is 6.54 Å². The average molecular weight is 372 g/mol. The zero-order chi connectivity index (χ0) is 17.4. The quantitative estimate of drug-likeness (QED) is 0.544. The van der Waals surface area contributed by atoms with Crippen LogP contribution in [0.25, 0.3) is 16.0 Å². The van der Waals surface area contributed by atoms with E-state index < -0.39 is 0 Å². The first-order valence-corrected chi connectivity index (χ1v) is 9.26. The van der Waals surface area contributed by atoms with Crippen LogP contribution < -0.4 is 10.3 Å². The molecule has 3 aromatic heterocycles. The number of H-pyrrole nitrogens is 1. The van der Waals surface area contributed by atoms with E-state index in [0.29, 0.717) is 28.4 Å². The minimum absolute atomic E-state index is 0.0576. The Morgan fingerprint density at radius 1 is 1.28 bits per heavy atom. The lowest BCUT2D eigenvalue weighted by atomic mass is 10.2. The number of aromatic amines is 1. The standard InChI is InChI=1S/C17H16N4O2S2/c1-2-8-23-12-5-3-11(4-6-12)10-20-15(22)14-13(7-9-25-14)21-16(20)18-19-17(21)24/h3-7,9H,2,8,10H2,1H3,(H,19,24). The van der Waals surface area contributed by atoms with Gasteiger partial charge in [-0.1, -0.05) is 19.1 Å². The van der Waals surface area contributed by atoms with Gasteiger partial charge in [-0.2, -0.15) is 0 Å². The Kier molecular flexibility index (Phi) is 4.14. The molecule has 4 aromatic rings. The van der Waals surface area contributed by atoms with Gasteiger partial charge in [-0.15, -0.1) is 16.4 Å². The van der Waals surface area contributed by atoms with Crippen LogP contribution in [0.4, 0.5) is 0 Å². The van der Waals surface area contributed by atoms with Crippen molar-refractivity contribution in [3.63, 3.8) is 0 Å². The smallest absolute Gasteiger partial charge is 0.273 e. The molecule has 4 rings (SSSR count). The number of nitrogens with one attached hydrogen (secondary N) is 1. The second-order valence-corrected chi connectivity index (χ2v) is 6.99. The molecule has 0 saturated heterocycles. The van der Waals surface area contributed by atoms with Crippen LogP contribution in [0.5, 0.6) is 5.75 Å². The maximum Gasteiger partial charge on any atom is 0.273 e. The van der Waals surface area contributed by atoms with Crippen LogP contribution in [0.2, 0.25) is 0 Å². The van der Waals surface area contributed by atoms with Crippen LogP contribution in [0, 0.1) is 4.77 Å². The van der Waals surface area contributed by atoms with Gasteiger partial charge in [-0.05, 0) is 47.8 Å². The molecule has 0 radical (unpaired) electrons. The Balaban J connectivity index is 1.79. The van der Waals surface area contributed by atoms with Crippen LogP contribution in [0.15, 0.2) is 40.5 Å². The molecule has 0 bridgehead atoms. The van der Waals surface area contributed by atoms with Crippen molar-refractivity contribution in [1.29, 1.82) is 0 Å². The summed E-state index contributed by atoms with van der Waals surface area (Å²) >= 11 is 6.74. The zero-order valence-electron chi connectivity index (χ0n) is 13.6. The predicted molar refractivity (Wildman–Crippen MR) is 101 cm³/mol. The van der Waals surface area contributed by atoms with Gasteiger partial charge >= 0.3 is 0 Å². The van der Waals surface area contributed by atoms with E-state index in [0.717, 1.165) is 23.3 Å². The molecule has 6 nitrogen and oxygen atoms in total. The third-order valence-corrected chi connectivity index (χ3v) is 5.12. The third-order valence-electron chi connectivity index (χ3n) is 3.96. The zero-order valence-corrected chi connectivity index (χ0v) is 15.2. The molecular weight excluding hydrogens is 356 g/mol. The first-order valence-electron chi connectivity index (χ1n) is 7.98. The summed E-state index contributed by atoms with van der Waals surface area (Å²) in [6.07, 6.45) is 0.968. The lowest BCUT2D eigenvalue weighted by Gasteiger charge is -2.09. The Morgan fingerprint density at radius 2 is 2.08 bits per heavy atom. The van der Waals surface area contributed by atoms with Gasteiger partial charge in [-0.3, -0.25) is 13.8 Å². The number of fused-ring (bicyclic) bond motifs is 3. The van der Waals surface area contributed by atoms with Gasteiger partial charge in [0.2, 0.25) is 10.5 Å². The molecular formula is C17H16N4O2S2. The highest BCUT2D eigenvalue weighted by molar-refractivity contribution is 7.71. The van der Waals surface area contributed by atoms with E-state index in [4.69, 9.17) is 17.0 Å². The van der Waals surface area contributed by atoms with E-state index in [9.17, 15) is 4.79 Å². The molecule has 8 heteroatoms. The molecule has 0 unspecified atom stereocenters. The van der Waals surface area contributed by atoms with Gasteiger partial charge in [-0.25, -0.2) is 5.10 Å². The maximum atomic E-state index is 12.9. The number of aromatic nitrogens is 4. The molecule has 3 heterocycles. The summed E-state index contributed by atoms with van der Waals surface area (Å²) in [7, 11) is 0. The molecule has 0 fully saturated rings. The number of nitrogens with zero attached hydrogens (tertiary/aromatic N) is 3. The number of hydrogen-bond acceptors (Lipinski definition) is 5. The fraction of sp³-hybridized carbons (Fsp3) is 0.235. The Labute approximate surface area is 152 Å². The largest absolute Gasteiger partial charge is 0.494 e. The van der Waals surface area contributed by atoms with Gasteiger partial charge in [0.25, 0.3) is 5.56 Å². The highest BCUT2D eigenvalue weighted by atomic mass is 32.1. The summed E-state index contributed by atoms with van der Waals surface area (Å²) in [6.45, 7) is 3.19. The van der Waals surface area contributed by atoms with Gasteiger partial charge in [0, 0.05) is 0 Å². The number of rotatable bonds is 5. The van der Waals surface area contributed by atoms with E-state index in [1.165, 1.54) is 11.3 Å². The highest BCUT2D eigenvalue weighted by Crippen LogP contribution is 2.20. The summed E-state index contributed by atoms with van der Waals surface area (Å²) in [5.41, 5.74) is 1.73. The molecule has 1 aromatic carbocycles. The minimum Gasteiger partial charge on any atom is -0.494 e. The molecule has 0 aliphatic heterocycles. The van der Waals surface area contributed by atoms with Crippen molar-refractivity contribution in [1.82, 2.24) is 19.2 Å². The molecule has 0 atom stereocenters. The number of ether oxygens (including phenoxy) is 1. The first kappa shape index (κ1) is 16.0. The lowest BCUT2D eigenvalue weighted by Crippen LogP contribution is -2.23. The first-order chi connectivity index (χ1) is 12.2. The molecule has 0 aliphatic rings. The second kappa shape index (κ2) is 6.45. The maximum absolute atomic E-state index is 12.9. The van der Waals surface area contributed by atoms with Gasteiger partial charge in [0.15, 0.2) is 0 Å². The molecule has 25 heavy (non-hydrogen) atoms. The molecule has 128 valence electrons. The highest BCUT2D eigenvalue weighted by Gasteiger charge is 2.14. The fourth-order valence-corrected chi connectivity index (χ4v) is 3.82. The van der Waals surface area contributed by atoms with E-state index in [1.54, 1.807) is 8.97 Å². The van der Waals surface area contributed by atoms with Crippen molar-refractivity contribution in [3.05, 3.63) is 56.4 Å². The fourth-order valence-electron chi connectivity index (χ4n) is 2.77. The van der Waals surface area contributed by atoms with Crippen molar-refractivity contribution in [3.8, 4) is 5.75 Å². The predicted octanol–water partition coefficient (Wildman–Crippen LogP) is 3.61. The van der Waals surface area contributed by atoms with Crippen molar-refractivity contribution >= 4 is 39.5 Å². The lowest BCUT2D eigenvalue weighted by molar-refractivity contribution is 0.317. The monoisotopic (exact) mass is 372 g/mol. The average Bonchev–Trinajstić information content (AvgIpc) is 3.24. The SMILES string of the molecule is CCCOc1ccc(Cn2c(=O)c3sccc3n3c(=S)[nH]nc23)cc1. The number of thiophene rings is 1. The topological polar surface area (TPSA) is 64.3 Å². The summed E-state index contributed by atoms with van der Waals surface area (Å²) < 4.78 is 10.2. The van der Waals surface area contributed by atoms with Gasteiger partial charge in [0.1, 0.15) is 10.4 Å². The number of benzene rings is 1. The second-order valence-electron chi connectivity index (χ2n) is 5.68. The normalized spacial score (nSPS) is 11.4. The van der Waals surface area contributed by atoms with E-state index in [2.05, 4.69) is 17.1 Å². The van der Waals surface area contributed by atoms with E-state index in [-0.39, 0.29) is 5.56 Å². The summed E-state index contributed by atoms with van der Waals surface area (Å²) in [6, 6.07) is 9.67. The summed E-state index contributed by atoms with van der Waals surface area (Å²) in [4.78, 5) is 12.9. The van der Waals surface area contributed by atoms with Crippen molar-refractivity contribution in [2.45, 2.75) is 19.9 Å². The summed E-state index contributed by atoms with van der Waals surface area (Å²) in [5.74, 6) is 1.35. The molecule has 0 amide bonds. The number of hydrogen-bond donors (Lipinski definition) is 1. The summed E-state index contributed by atoms with van der Waals surface area (Å²) in [5, 5.41) is 8.93. The van der Waals surface area contributed by atoms with Crippen molar-refractivity contribution in [2.24, 2.45) is 0 Å². The van der Waals surface area contributed by atoms with Crippen molar-refractivity contribution in [2.75, 3.05) is 6.61 Å². The molecule has 0 saturated carbocycles. The van der Waals surface area contributed by atoms with Crippen LogP contribution in [0.1, 0.15) is 18.9 Å². The Bertz CT molecular complexity index is 1150. The van der Waals surface area contributed by atoms with Crippen LogP contribution >= 0.6 is 23.6 Å². The minimum atomic E-state index is -0.0576. The molecule has 1 N–H and O–H groups in total. The van der Waals surface area contributed by atoms with Crippen LogP contribution in [-0.4, -0.2) is 25.8 Å². The van der Waals surface area contributed by atoms with Gasteiger partial charge < -0.3 is 4.74 Å². The third kappa shape index (κ3) is 2.77.